The number of benzene rings is 1. The van der Waals surface area contributed by atoms with Crippen molar-refractivity contribution in [2.24, 2.45) is 0 Å². The van der Waals surface area contributed by atoms with Crippen molar-refractivity contribution in [2.75, 3.05) is 0 Å². The predicted molar refractivity (Wildman–Crippen MR) is 99.0 cm³/mol. The van der Waals surface area contributed by atoms with E-state index in [2.05, 4.69) is 26.9 Å². The highest BCUT2D eigenvalue weighted by Gasteiger charge is 2.22. The van der Waals surface area contributed by atoms with E-state index in [1.807, 2.05) is 32.9 Å². The van der Waals surface area contributed by atoms with Crippen LogP contribution in [0.5, 0.6) is 0 Å². The minimum Gasteiger partial charge on any atom is -0.352 e. The van der Waals surface area contributed by atoms with Crippen molar-refractivity contribution in [3.05, 3.63) is 29.3 Å². The van der Waals surface area contributed by atoms with Crippen LogP contribution in [0.25, 0.3) is 5.69 Å². The van der Waals surface area contributed by atoms with E-state index in [0.717, 1.165) is 29.7 Å². The molecule has 0 radical (unpaired) electrons. The van der Waals surface area contributed by atoms with Gasteiger partial charge in [0.05, 0.1) is 10.9 Å². The zero-order valence-corrected chi connectivity index (χ0v) is 15.8. The molecule has 0 unspecified atom stereocenters. The lowest BCUT2D eigenvalue weighted by Gasteiger charge is -2.24. The van der Waals surface area contributed by atoms with Crippen LogP contribution in [-0.4, -0.2) is 37.4 Å². The average Bonchev–Trinajstić information content (AvgIpc) is 3.03. The summed E-state index contributed by atoms with van der Waals surface area (Å²) in [5.41, 5.74) is 3.24. The Morgan fingerprint density at radius 1 is 1.20 bits per heavy atom. The second-order valence-corrected chi connectivity index (χ2v) is 8.13. The Balaban J connectivity index is 1.68. The Bertz CT molecular complexity index is 719. The highest BCUT2D eigenvalue weighted by atomic mass is 32.2. The second-order valence-electron chi connectivity index (χ2n) is 6.82. The van der Waals surface area contributed by atoms with Gasteiger partial charge in [0, 0.05) is 6.04 Å². The maximum absolute atomic E-state index is 12.5. The molecule has 1 aromatic carbocycles. The van der Waals surface area contributed by atoms with Crippen molar-refractivity contribution < 1.29 is 4.79 Å². The lowest BCUT2D eigenvalue weighted by atomic mass is 9.95. The summed E-state index contributed by atoms with van der Waals surface area (Å²) in [6, 6.07) is 6.51. The third-order valence-corrected chi connectivity index (χ3v) is 5.53. The van der Waals surface area contributed by atoms with E-state index in [4.69, 9.17) is 0 Å². The minimum absolute atomic E-state index is 0.0619. The number of carbonyl (C=O) groups is 1. The number of amides is 1. The maximum Gasteiger partial charge on any atom is 0.233 e. The molecule has 0 bridgehead atoms. The van der Waals surface area contributed by atoms with Gasteiger partial charge in [-0.3, -0.25) is 4.79 Å². The molecule has 2 aromatic rings. The van der Waals surface area contributed by atoms with Gasteiger partial charge in [0.25, 0.3) is 0 Å². The Labute approximate surface area is 152 Å². The number of nitrogens with one attached hydrogen (secondary N) is 1. The monoisotopic (exact) mass is 359 g/mol. The fraction of sp³-hybridized carbons (Fsp3) is 0.556. The SMILES string of the molecule is Cc1cc(C)cc(-n2nnnc2S[C@H](C)C(=O)NC2CCCCC2)c1. The Kier molecular flexibility index (Phi) is 5.73. The number of tetrazole rings is 1. The molecule has 134 valence electrons. The molecule has 1 N–H and O–H groups in total. The van der Waals surface area contributed by atoms with E-state index < -0.39 is 0 Å². The molecule has 0 aliphatic heterocycles. The smallest absolute Gasteiger partial charge is 0.233 e. The van der Waals surface area contributed by atoms with Gasteiger partial charge in [-0.2, -0.15) is 4.68 Å². The molecular weight excluding hydrogens is 334 g/mol. The fourth-order valence-corrected chi connectivity index (χ4v) is 4.08. The zero-order valence-electron chi connectivity index (χ0n) is 15.0. The number of carbonyl (C=O) groups excluding carboxylic acids is 1. The summed E-state index contributed by atoms with van der Waals surface area (Å²) in [5, 5.41) is 15.6. The molecule has 0 spiro atoms. The van der Waals surface area contributed by atoms with Crippen LogP contribution in [0, 0.1) is 13.8 Å². The summed E-state index contributed by atoms with van der Waals surface area (Å²) in [4.78, 5) is 12.5. The molecule has 1 aliphatic carbocycles. The van der Waals surface area contributed by atoms with Gasteiger partial charge in [0.1, 0.15) is 0 Å². The van der Waals surface area contributed by atoms with Crippen LogP contribution in [0.15, 0.2) is 23.4 Å². The number of hydrogen-bond acceptors (Lipinski definition) is 5. The van der Waals surface area contributed by atoms with E-state index in [-0.39, 0.29) is 11.2 Å². The summed E-state index contributed by atoms with van der Waals surface area (Å²) in [7, 11) is 0. The summed E-state index contributed by atoms with van der Waals surface area (Å²) >= 11 is 1.39. The van der Waals surface area contributed by atoms with Gasteiger partial charge in [-0.15, -0.1) is 5.10 Å². The Morgan fingerprint density at radius 2 is 1.88 bits per heavy atom. The van der Waals surface area contributed by atoms with Crippen LogP contribution in [-0.2, 0) is 4.79 Å². The van der Waals surface area contributed by atoms with Gasteiger partial charge < -0.3 is 5.32 Å². The van der Waals surface area contributed by atoms with Gasteiger partial charge in [-0.25, -0.2) is 0 Å². The molecular formula is C18H25N5OS. The van der Waals surface area contributed by atoms with Crippen molar-refractivity contribution in [2.45, 2.75) is 69.3 Å². The number of hydrogen-bond donors (Lipinski definition) is 1. The third kappa shape index (κ3) is 4.60. The van der Waals surface area contributed by atoms with Gasteiger partial charge in [-0.05, 0) is 67.3 Å². The van der Waals surface area contributed by atoms with Crippen molar-refractivity contribution in [3.63, 3.8) is 0 Å². The summed E-state index contributed by atoms with van der Waals surface area (Å²) in [6.07, 6.45) is 5.86. The maximum atomic E-state index is 12.5. The first-order valence-corrected chi connectivity index (χ1v) is 9.75. The van der Waals surface area contributed by atoms with E-state index in [9.17, 15) is 4.79 Å². The van der Waals surface area contributed by atoms with Gasteiger partial charge in [-0.1, -0.05) is 37.1 Å². The Morgan fingerprint density at radius 3 is 2.56 bits per heavy atom. The lowest BCUT2D eigenvalue weighted by Crippen LogP contribution is -2.40. The van der Waals surface area contributed by atoms with Crippen molar-refractivity contribution in [1.82, 2.24) is 25.5 Å². The highest BCUT2D eigenvalue weighted by molar-refractivity contribution is 8.00. The minimum atomic E-state index is -0.238. The quantitative estimate of drug-likeness (QED) is 0.830. The molecule has 1 amide bonds. The average molecular weight is 359 g/mol. The van der Waals surface area contributed by atoms with Crippen molar-refractivity contribution >= 4 is 17.7 Å². The number of aryl methyl sites for hydroxylation is 2. The number of aromatic nitrogens is 4. The summed E-state index contributed by atoms with van der Waals surface area (Å²) in [5.74, 6) is 0.0619. The summed E-state index contributed by atoms with van der Waals surface area (Å²) < 4.78 is 1.70. The molecule has 3 rings (SSSR count). The molecule has 1 heterocycles. The summed E-state index contributed by atoms with van der Waals surface area (Å²) in [6.45, 7) is 6.01. The third-order valence-electron chi connectivity index (χ3n) is 4.49. The first kappa shape index (κ1) is 17.9. The molecule has 1 saturated carbocycles. The molecule has 25 heavy (non-hydrogen) atoms. The molecule has 1 atom stereocenters. The van der Waals surface area contributed by atoms with Crippen LogP contribution in [0.3, 0.4) is 0 Å². The van der Waals surface area contributed by atoms with Gasteiger partial charge in [0.15, 0.2) is 0 Å². The number of thioether (sulfide) groups is 1. The van der Waals surface area contributed by atoms with Crippen LogP contribution in [0.1, 0.15) is 50.2 Å². The van der Waals surface area contributed by atoms with Crippen LogP contribution in [0.2, 0.25) is 0 Å². The lowest BCUT2D eigenvalue weighted by molar-refractivity contribution is -0.121. The molecule has 7 heteroatoms. The first-order valence-electron chi connectivity index (χ1n) is 8.87. The predicted octanol–water partition coefficient (Wildman–Crippen LogP) is 3.21. The topological polar surface area (TPSA) is 72.7 Å². The standard InChI is InChI=1S/C18H25N5OS/c1-12-9-13(2)11-16(10-12)23-18(20-21-22-23)25-14(3)17(24)19-15-7-5-4-6-8-15/h9-11,14-15H,4-8H2,1-3H3,(H,19,24)/t14-/m1/s1. The van der Waals surface area contributed by atoms with E-state index >= 15 is 0 Å². The Hall–Kier alpha value is -1.89. The van der Waals surface area contributed by atoms with E-state index in [0.29, 0.717) is 11.2 Å². The van der Waals surface area contributed by atoms with E-state index in [1.165, 1.54) is 31.0 Å². The molecule has 1 fully saturated rings. The van der Waals surface area contributed by atoms with E-state index in [1.54, 1.807) is 4.68 Å². The number of nitrogens with zero attached hydrogens (tertiary/aromatic N) is 4. The zero-order chi connectivity index (χ0) is 17.8. The molecule has 6 nitrogen and oxygen atoms in total. The van der Waals surface area contributed by atoms with Crippen LogP contribution >= 0.6 is 11.8 Å². The van der Waals surface area contributed by atoms with Crippen LogP contribution in [0.4, 0.5) is 0 Å². The fourth-order valence-electron chi connectivity index (χ4n) is 3.26. The number of rotatable bonds is 5. The van der Waals surface area contributed by atoms with Gasteiger partial charge in [0.2, 0.25) is 11.1 Å². The van der Waals surface area contributed by atoms with Crippen molar-refractivity contribution in [3.8, 4) is 5.69 Å². The molecule has 1 aromatic heterocycles. The molecule has 0 saturated heterocycles. The van der Waals surface area contributed by atoms with Crippen LogP contribution < -0.4 is 5.32 Å². The van der Waals surface area contributed by atoms with Crippen molar-refractivity contribution in [1.29, 1.82) is 0 Å². The highest BCUT2D eigenvalue weighted by Crippen LogP contribution is 2.25. The first-order chi connectivity index (χ1) is 12.0. The second kappa shape index (κ2) is 7.99. The normalized spacial score (nSPS) is 16.6. The largest absolute Gasteiger partial charge is 0.352 e. The van der Waals surface area contributed by atoms with Gasteiger partial charge >= 0.3 is 0 Å². The molecule has 1 aliphatic rings.